The minimum absolute atomic E-state index is 0.142. The van der Waals surface area contributed by atoms with Crippen molar-refractivity contribution in [2.75, 3.05) is 5.75 Å². The quantitative estimate of drug-likeness (QED) is 0.808. The maximum Gasteiger partial charge on any atom is 0.321 e. The lowest BCUT2D eigenvalue weighted by Crippen LogP contribution is -2.44. The standard InChI is InChI=1S/C13H21N5O2S/c1-9(2)18-8-14-17-13(18)21-7-11(19)16-12(20)15-10-5-3-4-6-10/h8-10H,3-7H2,1-2H3,(H2,15,16,19,20). The first-order valence-electron chi connectivity index (χ1n) is 7.19. The van der Waals surface area contributed by atoms with Gasteiger partial charge in [-0.2, -0.15) is 0 Å². The van der Waals surface area contributed by atoms with Crippen LogP contribution in [-0.2, 0) is 4.79 Å². The molecule has 0 radical (unpaired) electrons. The number of carbonyl (C=O) groups is 2. The molecule has 1 aromatic heterocycles. The molecule has 1 saturated carbocycles. The van der Waals surface area contributed by atoms with Crippen LogP contribution in [0.5, 0.6) is 0 Å². The van der Waals surface area contributed by atoms with Gasteiger partial charge in [-0.25, -0.2) is 4.79 Å². The first-order valence-corrected chi connectivity index (χ1v) is 8.17. The molecule has 8 heteroatoms. The summed E-state index contributed by atoms with van der Waals surface area (Å²) in [6.07, 6.45) is 5.90. The van der Waals surface area contributed by atoms with E-state index in [-0.39, 0.29) is 23.7 Å². The molecule has 1 heterocycles. The number of hydrogen-bond donors (Lipinski definition) is 2. The third-order valence-corrected chi connectivity index (χ3v) is 4.33. The fourth-order valence-electron chi connectivity index (χ4n) is 2.27. The van der Waals surface area contributed by atoms with Crippen molar-refractivity contribution in [2.45, 2.75) is 56.8 Å². The van der Waals surface area contributed by atoms with Gasteiger partial charge >= 0.3 is 6.03 Å². The van der Waals surface area contributed by atoms with Crippen LogP contribution >= 0.6 is 11.8 Å². The van der Waals surface area contributed by atoms with Crippen molar-refractivity contribution in [3.63, 3.8) is 0 Å². The number of nitrogens with zero attached hydrogens (tertiary/aromatic N) is 3. The fourth-order valence-corrected chi connectivity index (χ4v) is 3.12. The number of imide groups is 1. The summed E-state index contributed by atoms with van der Waals surface area (Å²) in [7, 11) is 0. The number of nitrogens with one attached hydrogen (secondary N) is 2. The van der Waals surface area contributed by atoms with Crippen LogP contribution in [0.25, 0.3) is 0 Å². The number of aromatic nitrogens is 3. The normalized spacial score (nSPS) is 15.4. The van der Waals surface area contributed by atoms with Crippen molar-refractivity contribution in [1.82, 2.24) is 25.4 Å². The lowest BCUT2D eigenvalue weighted by molar-refractivity contribution is -0.117. The molecule has 0 saturated heterocycles. The Labute approximate surface area is 128 Å². The van der Waals surface area contributed by atoms with E-state index in [1.54, 1.807) is 6.33 Å². The van der Waals surface area contributed by atoms with Crippen LogP contribution in [-0.4, -0.2) is 38.5 Å². The third-order valence-electron chi connectivity index (χ3n) is 3.37. The summed E-state index contributed by atoms with van der Waals surface area (Å²) in [6.45, 7) is 4.03. The highest BCUT2D eigenvalue weighted by molar-refractivity contribution is 7.99. The Morgan fingerprint density at radius 1 is 1.43 bits per heavy atom. The molecule has 21 heavy (non-hydrogen) atoms. The van der Waals surface area contributed by atoms with E-state index in [0.29, 0.717) is 5.16 Å². The van der Waals surface area contributed by atoms with Gasteiger partial charge in [-0.1, -0.05) is 24.6 Å². The maximum absolute atomic E-state index is 11.8. The molecule has 0 aromatic carbocycles. The summed E-state index contributed by atoms with van der Waals surface area (Å²) in [5.41, 5.74) is 0. The van der Waals surface area contributed by atoms with Gasteiger partial charge in [0.2, 0.25) is 5.91 Å². The summed E-state index contributed by atoms with van der Waals surface area (Å²) < 4.78 is 1.89. The molecule has 7 nitrogen and oxygen atoms in total. The van der Waals surface area contributed by atoms with Gasteiger partial charge in [-0.3, -0.25) is 10.1 Å². The van der Waals surface area contributed by atoms with Crippen molar-refractivity contribution >= 4 is 23.7 Å². The Morgan fingerprint density at radius 3 is 2.81 bits per heavy atom. The molecule has 2 N–H and O–H groups in total. The van der Waals surface area contributed by atoms with E-state index in [2.05, 4.69) is 20.8 Å². The van der Waals surface area contributed by atoms with E-state index < -0.39 is 6.03 Å². The van der Waals surface area contributed by atoms with Gasteiger partial charge in [0.15, 0.2) is 5.16 Å². The summed E-state index contributed by atoms with van der Waals surface area (Å²) >= 11 is 1.27. The second-order valence-corrected chi connectivity index (χ2v) is 6.35. The van der Waals surface area contributed by atoms with E-state index in [9.17, 15) is 9.59 Å². The molecule has 0 atom stereocenters. The molecule has 0 unspecified atom stereocenters. The molecule has 1 fully saturated rings. The predicted octanol–water partition coefficient (Wildman–Crippen LogP) is 1.72. The van der Waals surface area contributed by atoms with Gasteiger partial charge in [0.05, 0.1) is 5.75 Å². The first kappa shape index (κ1) is 15.8. The van der Waals surface area contributed by atoms with Crippen LogP contribution in [0.3, 0.4) is 0 Å². The Bertz CT molecular complexity index is 497. The monoisotopic (exact) mass is 311 g/mol. The van der Waals surface area contributed by atoms with Crippen LogP contribution in [0.2, 0.25) is 0 Å². The molecular weight excluding hydrogens is 290 g/mol. The molecule has 1 aromatic rings. The summed E-state index contributed by atoms with van der Waals surface area (Å²) in [6, 6.07) is 0.0311. The predicted molar refractivity (Wildman–Crippen MR) is 80.1 cm³/mol. The van der Waals surface area contributed by atoms with Crippen molar-refractivity contribution < 1.29 is 9.59 Å². The molecule has 1 aliphatic rings. The topological polar surface area (TPSA) is 88.9 Å². The van der Waals surface area contributed by atoms with E-state index in [0.717, 1.165) is 25.7 Å². The Morgan fingerprint density at radius 2 is 2.14 bits per heavy atom. The lowest BCUT2D eigenvalue weighted by Gasteiger charge is -2.12. The zero-order chi connectivity index (χ0) is 15.2. The van der Waals surface area contributed by atoms with Gasteiger partial charge in [-0.05, 0) is 26.7 Å². The Balaban J connectivity index is 1.74. The number of amides is 3. The van der Waals surface area contributed by atoms with Crippen molar-refractivity contribution in [3.8, 4) is 0 Å². The number of carbonyl (C=O) groups excluding carboxylic acids is 2. The molecule has 0 spiro atoms. The van der Waals surface area contributed by atoms with E-state index in [1.807, 2.05) is 18.4 Å². The van der Waals surface area contributed by atoms with Gasteiger partial charge in [0, 0.05) is 12.1 Å². The number of urea groups is 1. The summed E-state index contributed by atoms with van der Waals surface area (Å²) in [5, 5.41) is 13.6. The van der Waals surface area contributed by atoms with Crippen molar-refractivity contribution in [1.29, 1.82) is 0 Å². The molecule has 1 aliphatic carbocycles. The highest BCUT2D eigenvalue weighted by Gasteiger charge is 2.18. The van der Waals surface area contributed by atoms with Gasteiger partial charge in [-0.15, -0.1) is 10.2 Å². The minimum atomic E-state index is -0.405. The molecular formula is C13H21N5O2S. The maximum atomic E-state index is 11.8. The average molecular weight is 311 g/mol. The minimum Gasteiger partial charge on any atom is -0.335 e. The summed E-state index contributed by atoms with van der Waals surface area (Å²) in [5.74, 6) is -0.183. The lowest BCUT2D eigenvalue weighted by atomic mass is 10.2. The number of thioether (sulfide) groups is 1. The highest BCUT2D eigenvalue weighted by Crippen LogP contribution is 2.19. The van der Waals surface area contributed by atoms with Crippen LogP contribution in [0.4, 0.5) is 4.79 Å². The third kappa shape index (κ3) is 4.73. The number of hydrogen-bond acceptors (Lipinski definition) is 5. The highest BCUT2D eigenvalue weighted by atomic mass is 32.2. The van der Waals surface area contributed by atoms with Crippen LogP contribution in [0.15, 0.2) is 11.5 Å². The molecule has 3 amide bonds. The Kier molecular flexibility index (Phi) is 5.60. The second-order valence-electron chi connectivity index (χ2n) is 5.41. The first-order chi connectivity index (χ1) is 10.1. The van der Waals surface area contributed by atoms with Crippen molar-refractivity contribution in [3.05, 3.63) is 6.33 Å². The molecule has 116 valence electrons. The second kappa shape index (κ2) is 7.44. The largest absolute Gasteiger partial charge is 0.335 e. The average Bonchev–Trinajstić information content (AvgIpc) is 3.06. The van der Waals surface area contributed by atoms with Crippen LogP contribution in [0, 0.1) is 0 Å². The zero-order valence-corrected chi connectivity index (χ0v) is 13.2. The van der Waals surface area contributed by atoms with Crippen LogP contribution < -0.4 is 10.6 Å². The SMILES string of the molecule is CC(C)n1cnnc1SCC(=O)NC(=O)NC1CCCC1. The van der Waals surface area contributed by atoms with E-state index in [1.165, 1.54) is 11.8 Å². The van der Waals surface area contributed by atoms with E-state index in [4.69, 9.17) is 0 Å². The Hall–Kier alpha value is -1.57. The van der Waals surface area contributed by atoms with Crippen molar-refractivity contribution in [2.24, 2.45) is 0 Å². The van der Waals surface area contributed by atoms with Gasteiger partial charge in [0.25, 0.3) is 0 Å². The van der Waals surface area contributed by atoms with Gasteiger partial charge < -0.3 is 9.88 Å². The van der Waals surface area contributed by atoms with E-state index >= 15 is 0 Å². The molecule has 2 rings (SSSR count). The van der Waals surface area contributed by atoms with Gasteiger partial charge in [0.1, 0.15) is 6.33 Å². The molecule has 0 bridgehead atoms. The smallest absolute Gasteiger partial charge is 0.321 e. The summed E-state index contributed by atoms with van der Waals surface area (Å²) in [4.78, 5) is 23.4. The molecule has 0 aliphatic heterocycles. The number of rotatable bonds is 5. The fraction of sp³-hybridized carbons (Fsp3) is 0.692. The van der Waals surface area contributed by atoms with Crippen LogP contribution in [0.1, 0.15) is 45.6 Å². The zero-order valence-electron chi connectivity index (χ0n) is 12.3.